The number of likely N-dealkylation sites (tertiary alicyclic amines) is 1. The van der Waals surface area contributed by atoms with E-state index in [0.29, 0.717) is 23.4 Å². The maximum Gasteiger partial charge on any atom is 0.250 e. The molecule has 0 radical (unpaired) electrons. The predicted octanol–water partition coefficient (Wildman–Crippen LogP) is 3.70. The Hall–Kier alpha value is -3.39. The molecule has 40 heavy (non-hydrogen) atoms. The number of carbonyl (C=O) groups is 2. The highest BCUT2D eigenvalue weighted by Gasteiger charge is 2.75. The molecule has 8 nitrogen and oxygen atoms in total. The molecule has 6 rings (SSSR count). The highest BCUT2D eigenvalue weighted by molar-refractivity contribution is 7.61. The standard InChI is InChI=1S/C31H32N3O5P/c1-33-18-26(23-12-6-3-7-13-23)30(31(33)25-14-8-9-15-27(25)32-29(31)38)19-34(40(39,20-35)21-36)17-24(28(30)37)16-22-10-4-2-5-11-22/h2-16,26,35-36H,17-21H2,1H3,(H,32,38)/b24-16+/t26-,30+,31+/m0/s1. The number of hydrogen-bond acceptors (Lipinski definition) is 6. The number of hydrogen-bond donors (Lipinski definition) is 3. The molecule has 3 aromatic carbocycles. The molecule has 3 heterocycles. The number of piperidine rings is 1. The van der Waals surface area contributed by atoms with Crippen molar-refractivity contribution in [2.24, 2.45) is 5.41 Å². The number of nitrogens with one attached hydrogen (secondary N) is 1. The zero-order valence-corrected chi connectivity index (χ0v) is 23.1. The Bertz CT molecular complexity index is 1540. The highest BCUT2D eigenvalue weighted by atomic mass is 31.2. The molecule has 0 bridgehead atoms. The summed E-state index contributed by atoms with van der Waals surface area (Å²) in [5, 5.41) is 23.5. The fourth-order valence-corrected chi connectivity index (χ4v) is 8.50. The molecule has 3 aliphatic heterocycles. The molecular weight excluding hydrogens is 525 g/mol. The van der Waals surface area contributed by atoms with Gasteiger partial charge in [0, 0.05) is 42.4 Å². The molecule has 206 valence electrons. The SMILES string of the molecule is CN1C[C@@H](c2ccccc2)[C@@]2(CN(P(=O)(CO)CO)C/C(=C\c3ccccc3)C2=O)[C@@]12C(=O)Nc1ccccc12. The zero-order valence-electron chi connectivity index (χ0n) is 22.2. The molecule has 3 atom stereocenters. The first-order chi connectivity index (χ1) is 19.3. The van der Waals surface area contributed by atoms with E-state index >= 15 is 4.79 Å². The van der Waals surface area contributed by atoms with Gasteiger partial charge in [-0.05, 0) is 30.3 Å². The molecule has 3 N–H and O–H groups in total. The number of anilines is 1. The van der Waals surface area contributed by atoms with Gasteiger partial charge in [-0.25, -0.2) is 4.67 Å². The van der Waals surface area contributed by atoms with E-state index in [1.807, 2.05) is 96.9 Å². The lowest BCUT2D eigenvalue weighted by atomic mass is 9.56. The van der Waals surface area contributed by atoms with Gasteiger partial charge in [-0.15, -0.1) is 0 Å². The van der Waals surface area contributed by atoms with Crippen LogP contribution in [0.25, 0.3) is 6.08 Å². The van der Waals surface area contributed by atoms with Gasteiger partial charge in [0.1, 0.15) is 18.2 Å². The van der Waals surface area contributed by atoms with Crippen LogP contribution in [0.2, 0.25) is 0 Å². The third-order valence-electron chi connectivity index (χ3n) is 8.94. The van der Waals surface area contributed by atoms with Crippen molar-refractivity contribution >= 4 is 30.7 Å². The summed E-state index contributed by atoms with van der Waals surface area (Å²) in [4.78, 5) is 31.4. The minimum atomic E-state index is -3.70. The summed E-state index contributed by atoms with van der Waals surface area (Å²) in [5.41, 5.74) is 0.562. The van der Waals surface area contributed by atoms with Gasteiger partial charge in [-0.3, -0.25) is 14.5 Å². The Labute approximate surface area is 233 Å². The maximum atomic E-state index is 15.1. The fourth-order valence-electron chi connectivity index (χ4n) is 7.16. The molecule has 0 saturated carbocycles. The van der Waals surface area contributed by atoms with Crippen molar-refractivity contribution in [2.75, 3.05) is 44.7 Å². The van der Waals surface area contributed by atoms with Gasteiger partial charge < -0.3 is 20.1 Å². The number of likely N-dealkylation sites (N-methyl/N-ethyl adjacent to an activating group) is 1. The molecule has 0 aromatic heterocycles. The second kappa shape index (κ2) is 9.91. The summed E-state index contributed by atoms with van der Waals surface area (Å²) in [5.74, 6) is -0.956. The minimum absolute atomic E-state index is 0.0154. The van der Waals surface area contributed by atoms with Crippen molar-refractivity contribution in [1.29, 1.82) is 0 Å². The number of para-hydroxylation sites is 1. The van der Waals surface area contributed by atoms with E-state index in [9.17, 15) is 19.6 Å². The van der Waals surface area contributed by atoms with Crippen LogP contribution >= 0.6 is 7.29 Å². The van der Waals surface area contributed by atoms with E-state index < -0.39 is 36.9 Å². The van der Waals surface area contributed by atoms with Gasteiger partial charge in [-0.1, -0.05) is 78.9 Å². The van der Waals surface area contributed by atoms with Gasteiger partial charge in [-0.2, -0.15) is 0 Å². The summed E-state index contributed by atoms with van der Waals surface area (Å²) in [7, 11) is -1.84. The Morgan fingerprint density at radius 1 is 0.950 bits per heavy atom. The second-order valence-corrected chi connectivity index (χ2v) is 13.7. The lowest BCUT2D eigenvalue weighted by Crippen LogP contribution is -2.65. The van der Waals surface area contributed by atoms with Gasteiger partial charge in [0.15, 0.2) is 13.1 Å². The molecular formula is C31H32N3O5P. The van der Waals surface area contributed by atoms with Crippen molar-refractivity contribution in [3.63, 3.8) is 0 Å². The predicted molar refractivity (Wildman–Crippen MR) is 154 cm³/mol. The van der Waals surface area contributed by atoms with Crippen LogP contribution in [0.4, 0.5) is 5.69 Å². The zero-order chi connectivity index (χ0) is 28.1. The fraction of sp³-hybridized carbons (Fsp3) is 0.290. The topological polar surface area (TPSA) is 110 Å². The van der Waals surface area contributed by atoms with Crippen LogP contribution < -0.4 is 5.32 Å². The summed E-state index contributed by atoms with van der Waals surface area (Å²) in [6, 6.07) is 26.5. The second-order valence-electron chi connectivity index (χ2n) is 10.9. The van der Waals surface area contributed by atoms with E-state index in [0.717, 1.165) is 11.1 Å². The van der Waals surface area contributed by atoms with Crippen LogP contribution in [0.5, 0.6) is 0 Å². The van der Waals surface area contributed by atoms with Crippen LogP contribution in [0.1, 0.15) is 22.6 Å². The molecule has 1 amide bonds. The molecule has 9 heteroatoms. The van der Waals surface area contributed by atoms with Crippen molar-refractivity contribution in [1.82, 2.24) is 9.57 Å². The van der Waals surface area contributed by atoms with Crippen LogP contribution in [0, 0.1) is 5.41 Å². The first-order valence-corrected chi connectivity index (χ1v) is 15.4. The Balaban J connectivity index is 1.68. The van der Waals surface area contributed by atoms with E-state index in [1.54, 1.807) is 10.7 Å². The van der Waals surface area contributed by atoms with Crippen LogP contribution in [-0.4, -0.2) is 70.9 Å². The average molecular weight is 558 g/mol. The number of fused-ring (bicyclic) bond motifs is 3. The molecule has 2 saturated heterocycles. The molecule has 2 fully saturated rings. The summed E-state index contributed by atoms with van der Waals surface area (Å²) >= 11 is 0. The third kappa shape index (κ3) is 3.64. The van der Waals surface area contributed by atoms with Crippen LogP contribution in [-0.2, 0) is 19.7 Å². The smallest absolute Gasteiger partial charge is 0.250 e. The summed E-state index contributed by atoms with van der Waals surface area (Å²) < 4.78 is 15.5. The largest absolute Gasteiger partial charge is 0.387 e. The number of amides is 1. The quantitative estimate of drug-likeness (QED) is 0.324. The number of carbonyl (C=O) groups excluding carboxylic acids is 2. The normalized spacial score (nSPS) is 28.0. The number of rotatable bonds is 5. The monoisotopic (exact) mass is 557 g/mol. The summed E-state index contributed by atoms with van der Waals surface area (Å²) in [6.07, 6.45) is 0.296. The Kier molecular flexibility index (Phi) is 6.64. The van der Waals surface area contributed by atoms with E-state index in [-0.39, 0.29) is 24.8 Å². The van der Waals surface area contributed by atoms with Gasteiger partial charge in [0.05, 0.1) is 5.41 Å². The molecule has 3 aromatic rings. The number of ketones is 1. The lowest BCUT2D eigenvalue weighted by Gasteiger charge is -2.52. The van der Waals surface area contributed by atoms with E-state index in [1.165, 1.54) is 0 Å². The third-order valence-corrected chi connectivity index (χ3v) is 11.1. The number of aliphatic hydroxyl groups excluding tert-OH is 2. The van der Waals surface area contributed by atoms with Crippen molar-refractivity contribution in [2.45, 2.75) is 11.5 Å². The first-order valence-electron chi connectivity index (χ1n) is 13.3. The van der Waals surface area contributed by atoms with Crippen LogP contribution in [0.15, 0.2) is 90.5 Å². The van der Waals surface area contributed by atoms with Gasteiger partial charge in [0.2, 0.25) is 0 Å². The van der Waals surface area contributed by atoms with Crippen molar-refractivity contribution in [3.05, 3.63) is 107 Å². The molecule has 0 aliphatic carbocycles. The van der Waals surface area contributed by atoms with E-state index in [4.69, 9.17) is 0 Å². The lowest BCUT2D eigenvalue weighted by molar-refractivity contribution is -0.145. The van der Waals surface area contributed by atoms with Crippen LogP contribution in [0.3, 0.4) is 0 Å². The number of benzene rings is 3. The maximum absolute atomic E-state index is 15.1. The average Bonchev–Trinajstić information content (AvgIpc) is 3.44. The Morgan fingerprint density at radius 2 is 1.57 bits per heavy atom. The van der Waals surface area contributed by atoms with Crippen molar-refractivity contribution < 1.29 is 24.4 Å². The highest BCUT2D eigenvalue weighted by Crippen LogP contribution is 2.66. The molecule has 0 unspecified atom stereocenters. The number of Topliss-reactive ketones (excluding diaryl/α,β-unsaturated/α-hetero) is 1. The number of nitrogens with zero attached hydrogens (tertiary/aromatic N) is 2. The van der Waals surface area contributed by atoms with E-state index in [2.05, 4.69) is 5.32 Å². The van der Waals surface area contributed by atoms with Crippen molar-refractivity contribution in [3.8, 4) is 0 Å². The molecule has 3 aliphatic rings. The Morgan fingerprint density at radius 3 is 2.25 bits per heavy atom. The first kappa shape index (κ1) is 26.8. The van der Waals surface area contributed by atoms with Gasteiger partial charge >= 0.3 is 0 Å². The number of aliphatic hydroxyl groups is 2. The summed E-state index contributed by atoms with van der Waals surface area (Å²) in [6.45, 7) is 0.312. The minimum Gasteiger partial charge on any atom is -0.387 e. The van der Waals surface area contributed by atoms with Gasteiger partial charge in [0.25, 0.3) is 5.91 Å². The molecule has 2 spiro atoms.